The highest BCUT2D eigenvalue weighted by molar-refractivity contribution is 7.85. The molecule has 0 aromatic heterocycles. The first kappa shape index (κ1) is 41.8. The van der Waals surface area contributed by atoms with Gasteiger partial charge >= 0.3 is 0 Å². The number of nitrogens with one attached hydrogen (secondary N) is 2. The van der Waals surface area contributed by atoms with Gasteiger partial charge in [-0.15, -0.1) is 0 Å². The van der Waals surface area contributed by atoms with Gasteiger partial charge in [-0.1, -0.05) is 117 Å². The molecule has 9 heteroatoms. The highest BCUT2D eigenvalue weighted by Crippen LogP contribution is 2.14. The van der Waals surface area contributed by atoms with Crippen molar-refractivity contribution < 1.29 is 27.0 Å². The minimum Gasteiger partial charge on any atom is -0.354 e. The van der Waals surface area contributed by atoms with Crippen LogP contribution in [-0.2, 0) is 19.7 Å². The first-order valence-corrected chi connectivity index (χ1v) is 19.3. The second kappa shape index (κ2) is 26.1. The van der Waals surface area contributed by atoms with Gasteiger partial charge in [0.15, 0.2) is 0 Å². The van der Waals surface area contributed by atoms with E-state index in [0.717, 1.165) is 38.6 Å². The Bertz CT molecular complexity index is 802. The van der Waals surface area contributed by atoms with Gasteiger partial charge in [0.2, 0.25) is 11.8 Å². The van der Waals surface area contributed by atoms with Crippen LogP contribution in [0.2, 0.25) is 0 Å². The van der Waals surface area contributed by atoms with Crippen molar-refractivity contribution in [3.63, 3.8) is 0 Å². The summed E-state index contributed by atoms with van der Waals surface area (Å²) < 4.78 is 31.4. The van der Waals surface area contributed by atoms with Gasteiger partial charge in [-0.3, -0.25) is 14.1 Å². The zero-order valence-corrected chi connectivity index (χ0v) is 29.6. The van der Waals surface area contributed by atoms with Crippen molar-refractivity contribution in [2.75, 3.05) is 39.5 Å². The summed E-state index contributed by atoms with van der Waals surface area (Å²) in [6.45, 7) is 8.40. The maximum atomic E-state index is 12.7. The van der Waals surface area contributed by atoms with Crippen LogP contribution in [-0.4, -0.2) is 74.8 Å². The Morgan fingerprint density at radius 2 is 1.12 bits per heavy atom. The zero-order valence-electron chi connectivity index (χ0n) is 28.8. The number of nitrogens with zero attached hydrogens (tertiary/aromatic N) is 1. The molecule has 0 aromatic carbocycles. The van der Waals surface area contributed by atoms with E-state index in [1.165, 1.54) is 89.9 Å². The number of amides is 2. The Kier molecular flexibility index (Phi) is 25.3. The van der Waals surface area contributed by atoms with Crippen molar-refractivity contribution in [1.82, 2.24) is 10.6 Å². The van der Waals surface area contributed by atoms with E-state index in [-0.39, 0.29) is 23.5 Å². The van der Waals surface area contributed by atoms with Crippen LogP contribution in [0.4, 0.5) is 0 Å². The van der Waals surface area contributed by atoms with Crippen molar-refractivity contribution >= 4 is 21.9 Å². The van der Waals surface area contributed by atoms with Gasteiger partial charge < -0.3 is 15.1 Å². The molecular formula is C34H70N3O5S+. The number of quaternary nitrogens is 1. The molecular weight excluding hydrogens is 562 g/mol. The molecule has 0 heterocycles. The summed E-state index contributed by atoms with van der Waals surface area (Å²) in [7, 11) is 0.179. The fourth-order valence-electron chi connectivity index (χ4n) is 5.56. The lowest BCUT2D eigenvalue weighted by Crippen LogP contribution is -2.49. The van der Waals surface area contributed by atoms with Crippen LogP contribution < -0.4 is 10.6 Å². The summed E-state index contributed by atoms with van der Waals surface area (Å²) in [6.07, 6.45) is 24.6. The predicted molar refractivity (Wildman–Crippen MR) is 181 cm³/mol. The highest BCUT2D eigenvalue weighted by Gasteiger charge is 2.23. The van der Waals surface area contributed by atoms with Crippen LogP contribution in [0.25, 0.3) is 0 Å². The summed E-state index contributed by atoms with van der Waals surface area (Å²) in [5.74, 6) is -0.360. The maximum absolute atomic E-state index is 12.7. The first-order valence-electron chi connectivity index (χ1n) is 17.7. The molecule has 0 aliphatic carbocycles. The van der Waals surface area contributed by atoms with Crippen LogP contribution in [0.1, 0.15) is 156 Å². The predicted octanol–water partition coefficient (Wildman–Crippen LogP) is 7.42. The van der Waals surface area contributed by atoms with Gasteiger partial charge in [-0.05, 0) is 31.6 Å². The number of carbonyl (C=O) groups is 2. The molecule has 0 aliphatic heterocycles. The maximum Gasteiger partial charge on any atom is 0.265 e. The van der Waals surface area contributed by atoms with Gasteiger partial charge in [0.05, 0.1) is 32.9 Å². The Balaban J connectivity index is 3.84. The second-order valence-electron chi connectivity index (χ2n) is 13.7. The monoisotopic (exact) mass is 633 g/mol. The van der Waals surface area contributed by atoms with E-state index >= 15 is 0 Å². The van der Waals surface area contributed by atoms with E-state index in [1.54, 1.807) is 0 Å². The van der Waals surface area contributed by atoms with Gasteiger partial charge in [-0.25, -0.2) is 0 Å². The second-order valence-corrected chi connectivity index (χ2v) is 15.3. The van der Waals surface area contributed by atoms with Gasteiger partial charge in [0, 0.05) is 19.4 Å². The number of hydrogen-bond acceptors (Lipinski definition) is 4. The summed E-state index contributed by atoms with van der Waals surface area (Å²) in [6, 6.07) is -0.507. The van der Waals surface area contributed by atoms with Crippen LogP contribution in [0, 0.1) is 5.92 Å². The molecule has 256 valence electrons. The lowest BCUT2D eigenvalue weighted by atomic mass is 10.0. The number of hydrogen-bond donors (Lipinski definition) is 3. The molecule has 0 saturated carbocycles. The number of carbonyl (C=O) groups excluding carboxylic acids is 2. The van der Waals surface area contributed by atoms with E-state index in [2.05, 4.69) is 17.6 Å². The van der Waals surface area contributed by atoms with Gasteiger partial charge in [-0.2, -0.15) is 8.42 Å². The van der Waals surface area contributed by atoms with Crippen molar-refractivity contribution in [1.29, 1.82) is 0 Å². The summed E-state index contributed by atoms with van der Waals surface area (Å²) in [5, 5.41) is 5.97. The third kappa shape index (κ3) is 28.1. The molecule has 0 fully saturated rings. The minimum atomic E-state index is -3.91. The normalized spacial score (nSPS) is 12.9. The van der Waals surface area contributed by atoms with E-state index in [0.29, 0.717) is 30.4 Å². The van der Waals surface area contributed by atoms with Crippen molar-refractivity contribution in [3.8, 4) is 0 Å². The topological polar surface area (TPSA) is 113 Å². The molecule has 8 nitrogen and oxygen atoms in total. The summed E-state index contributed by atoms with van der Waals surface area (Å²) in [4.78, 5) is 25.2. The first-order chi connectivity index (χ1) is 20.4. The van der Waals surface area contributed by atoms with Gasteiger partial charge in [0.1, 0.15) is 6.04 Å². The molecule has 0 saturated heterocycles. The fraction of sp³-hybridized carbons (Fsp3) is 0.941. The minimum absolute atomic E-state index is 0.0237. The smallest absolute Gasteiger partial charge is 0.265 e. The Morgan fingerprint density at radius 3 is 1.58 bits per heavy atom. The molecule has 43 heavy (non-hydrogen) atoms. The van der Waals surface area contributed by atoms with E-state index in [4.69, 9.17) is 4.55 Å². The zero-order chi connectivity index (χ0) is 32.4. The SMILES string of the molecule is CCCCCCCCCCCCCCCCCCNC(=O)[C@@H](NC(=O)CCCCC[N+](C)(C)CCCS(=O)(=O)O)C(C)C. The van der Waals surface area contributed by atoms with Crippen LogP contribution in [0.3, 0.4) is 0 Å². The van der Waals surface area contributed by atoms with Gasteiger partial charge in [0.25, 0.3) is 10.1 Å². The third-order valence-corrected chi connectivity index (χ3v) is 9.23. The van der Waals surface area contributed by atoms with E-state index < -0.39 is 16.2 Å². The van der Waals surface area contributed by atoms with Crippen molar-refractivity contribution in [3.05, 3.63) is 0 Å². The average Bonchev–Trinajstić information content (AvgIpc) is 2.92. The fourth-order valence-corrected chi connectivity index (χ4v) is 6.06. The average molecular weight is 633 g/mol. The summed E-state index contributed by atoms with van der Waals surface area (Å²) in [5.41, 5.74) is 0. The molecule has 0 unspecified atom stereocenters. The van der Waals surface area contributed by atoms with Crippen molar-refractivity contribution in [2.24, 2.45) is 5.92 Å². The molecule has 0 spiro atoms. The molecule has 1 atom stereocenters. The van der Waals surface area contributed by atoms with Crippen LogP contribution in [0.15, 0.2) is 0 Å². The van der Waals surface area contributed by atoms with Crippen molar-refractivity contribution in [2.45, 2.75) is 162 Å². The quantitative estimate of drug-likeness (QED) is 0.0433. The van der Waals surface area contributed by atoms with E-state index in [1.807, 2.05) is 27.9 Å². The Hall–Kier alpha value is -1.19. The number of rotatable bonds is 30. The molecule has 0 bridgehead atoms. The van der Waals surface area contributed by atoms with E-state index in [9.17, 15) is 18.0 Å². The molecule has 0 aromatic rings. The van der Waals surface area contributed by atoms with Crippen LogP contribution in [0.5, 0.6) is 0 Å². The Morgan fingerprint density at radius 1 is 0.674 bits per heavy atom. The molecule has 0 radical (unpaired) electrons. The molecule has 0 aliphatic rings. The highest BCUT2D eigenvalue weighted by atomic mass is 32.2. The molecule has 0 rings (SSSR count). The molecule has 3 N–H and O–H groups in total. The number of unbranched alkanes of at least 4 members (excludes halogenated alkanes) is 17. The third-order valence-electron chi connectivity index (χ3n) is 8.43. The molecule has 2 amide bonds. The lowest BCUT2D eigenvalue weighted by Gasteiger charge is -2.29. The standard InChI is InChI=1S/C34H69N3O5S/c1-6-7-8-9-10-11-12-13-14-15-16-17-18-19-20-23-27-35-34(39)33(31(2)3)36-32(38)26-22-21-24-28-37(4,5)29-25-30-43(40,41)42/h31,33H,6-30H2,1-5H3,(H2-,35,36,38,39,40,41,42)/p+1/t33-/m0/s1. The largest absolute Gasteiger partial charge is 0.354 e. The Labute approximate surface area is 266 Å². The lowest BCUT2D eigenvalue weighted by molar-refractivity contribution is -0.890. The summed E-state index contributed by atoms with van der Waals surface area (Å²) >= 11 is 0. The van der Waals surface area contributed by atoms with Crippen LogP contribution >= 0.6 is 0 Å².